The number of hydrogen-bond donors (Lipinski definition) is 0. The van der Waals surface area contributed by atoms with Crippen molar-refractivity contribution in [3.05, 3.63) is 47.5 Å². The fraction of sp³-hybridized carbons (Fsp3) is 0.353. The topological polar surface area (TPSA) is 9.23 Å². The van der Waals surface area contributed by atoms with E-state index < -0.39 is 0 Å². The summed E-state index contributed by atoms with van der Waals surface area (Å²) < 4.78 is 5.86. The number of ether oxygens (including phenoxy) is 1. The molecule has 19 heavy (non-hydrogen) atoms. The Bertz CT molecular complexity index is 491. The first-order valence-corrected chi connectivity index (χ1v) is 7.12. The van der Waals surface area contributed by atoms with E-state index in [-0.39, 0.29) is 0 Å². The van der Waals surface area contributed by atoms with Crippen molar-refractivity contribution in [2.75, 3.05) is 7.11 Å². The number of aryl methyl sites for hydroxylation is 2. The summed E-state index contributed by atoms with van der Waals surface area (Å²) in [7, 11) is 1.67. The molecule has 1 nitrogen and oxygen atoms in total. The normalized spacial score (nSPS) is 10.2. The first-order chi connectivity index (χ1) is 9.26. The summed E-state index contributed by atoms with van der Waals surface area (Å²) in [5, 5.41) is 0. The molecule has 0 saturated heterocycles. The predicted molar refractivity (Wildman–Crippen MR) is 77.7 cm³/mol. The molecule has 1 rings (SSSR count). The molecule has 0 heterocycles. The van der Waals surface area contributed by atoms with E-state index >= 15 is 0 Å². The molecule has 1 aromatic rings. The number of methoxy groups -OCH3 is 1. The van der Waals surface area contributed by atoms with Gasteiger partial charge in [-0.1, -0.05) is 0 Å². The predicted octanol–water partition coefficient (Wildman–Crippen LogP) is 3.45. The van der Waals surface area contributed by atoms with Crippen molar-refractivity contribution in [2.45, 2.75) is 32.6 Å². The van der Waals surface area contributed by atoms with Crippen LogP contribution in [0.25, 0.3) is 0 Å². The minimum absolute atomic E-state index is 0.826. The Hall–Kier alpha value is -1.12. The molecule has 0 aromatic heterocycles. The van der Waals surface area contributed by atoms with Crippen LogP contribution in [0.4, 0.5) is 0 Å². The fourth-order valence-electron chi connectivity index (χ4n) is 1.77. The Labute approximate surface area is 124 Å². The van der Waals surface area contributed by atoms with Crippen LogP contribution in [0.1, 0.15) is 30.9 Å². The maximum atomic E-state index is 5.04. The molecule has 0 aliphatic heterocycles. The zero-order valence-electron chi connectivity index (χ0n) is 11.6. The van der Waals surface area contributed by atoms with E-state index in [4.69, 9.17) is 4.74 Å². The Morgan fingerprint density at radius 3 is 2.74 bits per heavy atom. The minimum atomic E-state index is 0.826. The van der Waals surface area contributed by atoms with Gasteiger partial charge in [0.25, 0.3) is 0 Å². The van der Waals surface area contributed by atoms with E-state index in [0.29, 0.717) is 0 Å². The van der Waals surface area contributed by atoms with Crippen molar-refractivity contribution in [1.29, 1.82) is 0 Å². The van der Waals surface area contributed by atoms with Crippen LogP contribution in [0.2, 0.25) is 0 Å². The molecule has 0 bridgehead atoms. The van der Waals surface area contributed by atoms with Gasteiger partial charge in [0.1, 0.15) is 0 Å². The second-order valence-corrected chi connectivity index (χ2v) is 4.84. The summed E-state index contributed by atoms with van der Waals surface area (Å²) in [5.74, 6) is 6.04. The Morgan fingerprint density at radius 1 is 1.32 bits per heavy atom. The Balaban J connectivity index is 2.45. The zero-order chi connectivity index (χ0) is 13.9. The fourth-order valence-corrected chi connectivity index (χ4v) is 1.92. The van der Waals surface area contributed by atoms with E-state index in [0.717, 1.165) is 30.2 Å². The van der Waals surface area contributed by atoms with Gasteiger partial charge in [0, 0.05) is 0 Å². The Morgan fingerprint density at radius 2 is 2.05 bits per heavy atom. The summed E-state index contributed by atoms with van der Waals surface area (Å²) in [6.45, 7) is 1.89. The molecule has 0 fully saturated rings. The maximum absolute atomic E-state index is 5.04. The van der Waals surface area contributed by atoms with E-state index in [2.05, 4.69) is 58.0 Å². The third kappa shape index (κ3) is 7.14. The second kappa shape index (κ2) is 9.77. The second-order valence-electron chi connectivity index (χ2n) is 4.21. The van der Waals surface area contributed by atoms with Crippen LogP contribution in [0.3, 0.4) is 0 Å². The van der Waals surface area contributed by atoms with Crippen molar-refractivity contribution in [2.24, 2.45) is 0 Å². The quantitative estimate of drug-likeness (QED) is 0.699. The standard InChI is InChI=1S/C17H20O.Cr/c1-3-4-6-10-16-12-9-13-17(15-16)11-7-5-8-14-18-2;/h5,8-9,12-13,15H,6-7,10-11H2,1-2H3;/b8-5+;. The van der Waals surface area contributed by atoms with Crippen LogP contribution in [0.5, 0.6) is 0 Å². The van der Waals surface area contributed by atoms with Crippen LogP contribution in [-0.4, -0.2) is 11.7 Å². The summed E-state index contributed by atoms with van der Waals surface area (Å²) in [4.78, 5) is 0. The summed E-state index contributed by atoms with van der Waals surface area (Å²) in [6.07, 6.45) is 8.16. The van der Waals surface area contributed by atoms with Crippen LogP contribution in [-0.2, 0) is 33.4 Å². The van der Waals surface area contributed by atoms with Gasteiger partial charge in [-0.15, -0.1) is 0 Å². The van der Waals surface area contributed by atoms with E-state index in [1.54, 1.807) is 7.11 Å². The molecule has 2 heteroatoms. The van der Waals surface area contributed by atoms with E-state index in [1.807, 2.05) is 13.0 Å². The molecule has 100 valence electrons. The Kier molecular flexibility index (Phi) is 8.19. The van der Waals surface area contributed by atoms with Crippen molar-refractivity contribution in [1.82, 2.24) is 0 Å². The molecule has 0 spiro atoms. The third-order valence-corrected chi connectivity index (χ3v) is 3.23. The van der Waals surface area contributed by atoms with Gasteiger partial charge < -0.3 is 0 Å². The van der Waals surface area contributed by atoms with Gasteiger partial charge in [0.2, 0.25) is 0 Å². The molecule has 0 amide bonds. The van der Waals surface area contributed by atoms with Crippen LogP contribution in [0.15, 0.2) is 36.4 Å². The summed E-state index contributed by atoms with van der Waals surface area (Å²) >= 11 is 2.86. The molecule has 1 aromatic carbocycles. The molecule has 0 N–H and O–H groups in total. The first kappa shape index (κ1) is 15.9. The number of rotatable bonds is 7. The van der Waals surface area contributed by atoms with Gasteiger partial charge in [0.05, 0.1) is 0 Å². The van der Waals surface area contributed by atoms with Crippen LogP contribution < -0.4 is 0 Å². The van der Waals surface area contributed by atoms with Gasteiger partial charge in [-0.25, -0.2) is 0 Å². The molecule has 0 atom stereocenters. The summed E-state index contributed by atoms with van der Waals surface area (Å²) in [5.41, 5.74) is 2.75. The van der Waals surface area contributed by atoms with Crippen molar-refractivity contribution < 1.29 is 20.6 Å². The van der Waals surface area contributed by atoms with Gasteiger partial charge in [-0.3, -0.25) is 0 Å². The van der Waals surface area contributed by atoms with Gasteiger partial charge in [-0.05, 0) is 6.92 Å². The SMILES string of the molecule is CC#CCCc1cccc(CC/C=C/[C](=[Cr])OC)c1. The number of benzene rings is 1. The van der Waals surface area contributed by atoms with Gasteiger partial charge >= 0.3 is 117 Å². The average molecular weight is 292 g/mol. The molecule has 0 radical (unpaired) electrons. The monoisotopic (exact) mass is 292 g/mol. The summed E-state index contributed by atoms with van der Waals surface area (Å²) in [6, 6.07) is 8.77. The van der Waals surface area contributed by atoms with Crippen molar-refractivity contribution in [3.8, 4) is 11.8 Å². The number of hydrogen-bond acceptors (Lipinski definition) is 1. The van der Waals surface area contributed by atoms with E-state index in [9.17, 15) is 0 Å². The van der Waals surface area contributed by atoms with Crippen molar-refractivity contribution >= 4 is 4.57 Å². The third-order valence-electron chi connectivity index (χ3n) is 2.76. The van der Waals surface area contributed by atoms with Gasteiger partial charge in [0.15, 0.2) is 0 Å². The molecular formula is C17H20CrO. The van der Waals surface area contributed by atoms with E-state index in [1.165, 1.54) is 11.1 Å². The molecule has 0 aliphatic carbocycles. The van der Waals surface area contributed by atoms with Crippen LogP contribution in [0, 0.1) is 11.8 Å². The molecule has 0 saturated carbocycles. The average Bonchev–Trinajstić information content (AvgIpc) is 2.44. The van der Waals surface area contributed by atoms with Crippen molar-refractivity contribution in [3.63, 3.8) is 0 Å². The zero-order valence-corrected chi connectivity index (χ0v) is 12.9. The van der Waals surface area contributed by atoms with Gasteiger partial charge in [-0.2, -0.15) is 0 Å². The molecular weight excluding hydrogens is 272 g/mol. The number of allylic oxidation sites excluding steroid dienone is 1. The first-order valence-electron chi connectivity index (χ1n) is 6.48. The molecule has 0 unspecified atom stereocenters. The molecule has 0 aliphatic rings. The van der Waals surface area contributed by atoms with Crippen LogP contribution >= 0.6 is 0 Å².